The van der Waals surface area contributed by atoms with Crippen LogP contribution < -0.4 is 5.73 Å². The first-order valence-corrected chi connectivity index (χ1v) is 6.99. The molecule has 2 atom stereocenters. The van der Waals surface area contributed by atoms with E-state index in [1.807, 2.05) is 6.92 Å². The van der Waals surface area contributed by atoms with Gasteiger partial charge in [-0.15, -0.1) is 0 Å². The van der Waals surface area contributed by atoms with Gasteiger partial charge in [0.05, 0.1) is 12.1 Å². The van der Waals surface area contributed by atoms with Gasteiger partial charge in [0.1, 0.15) is 5.82 Å². The monoisotopic (exact) mass is 351 g/mol. The summed E-state index contributed by atoms with van der Waals surface area (Å²) in [4.78, 5) is 11.1. The van der Waals surface area contributed by atoms with Crippen LogP contribution in [0.15, 0.2) is 16.6 Å². The van der Waals surface area contributed by atoms with Crippen LogP contribution in [0.1, 0.15) is 31.4 Å². The van der Waals surface area contributed by atoms with E-state index in [0.29, 0.717) is 21.5 Å². The quantitative estimate of drug-likeness (QED) is 0.647. The summed E-state index contributed by atoms with van der Waals surface area (Å²) in [5, 5.41) is 0.410. The summed E-state index contributed by atoms with van der Waals surface area (Å²) in [7, 11) is 1.34. The van der Waals surface area contributed by atoms with Gasteiger partial charge in [-0.3, -0.25) is 4.79 Å². The van der Waals surface area contributed by atoms with E-state index in [-0.39, 0.29) is 18.3 Å². The molecule has 0 aliphatic carbocycles. The lowest BCUT2D eigenvalue weighted by atomic mass is 9.94. The second-order valence-electron chi connectivity index (χ2n) is 4.52. The Bertz CT molecular complexity index is 470. The molecule has 0 saturated carbocycles. The minimum atomic E-state index is -0.509. The standard InChI is InChI=1S/C13H16BrClFNO2/c1-7(4-13(18)19-2)3-12(17)8-5-10(15)9(14)6-11(8)16/h5-7,12H,3-4,17H2,1-2H3. The lowest BCUT2D eigenvalue weighted by molar-refractivity contribution is -0.141. The van der Waals surface area contributed by atoms with Gasteiger partial charge in [0.2, 0.25) is 0 Å². The molecule has 1 rings (SSSR count). The fourth-order valence-corrected chi connectivity index (χ4v) is 2.32. The Balaban J connectivity index is 2.75. The molecular formula is C13H16BrClFNO2. The van der Waals surface area contributed by atoms with Crippen molar-refractivity contribution in [3.63, 3.8) is 0 Å². The van der Waals surface area contributed by atoms with Crippen LogP contribution in [-0.4, -0.2) is 13.1 Å². The Morgan fingerprint density at radius 3 is 2.79 bits per heavy atom. The third-order valence-corrected chi connectivity index (χ3v) is 4.04. The highest BCUT2D eigenvalue weighted by Gasteiger charge is 2.18. The van der Waals surface area contributed by atoms with E-state index >= 15 is 0 Å². The Labute approximate surface area is 125 Å². The van der Waals surface area contributed by atoms with E-state index in [1.54, 1.807) is 0 Å². The lowest BCUT2D eigenvalue weighted by Crippen LogP contribution is -2.18. The minimum Gasteiger partial charge on any atom is -0.469 e. The Kier molecular flexibility index (Phi) is 6.23. The second-order valence-corrected chi connectivity index (χ2v) is 5.78. The summed E-state index contributed by atoms with van der Waals surface area (Å²) in [5.41, 5.74) is 6.32. The summed E-state index contributed by atoms with van der Waals surface area (Å²) in [5.74, 6) is -0.702. The molecule has 0 radical (unpaired) electrons. The summed E-state index contributed by atoms with van der Waals surface area (Å²) in [6.07, 6.45) is 0.736. The zero-order valence-corrected chi connectivity index (χ0v) is 13.1. The van der Waals surface area contributed by atoms with Crippen molar-refractivity contribution in [3.05, 3.63) is 33.0 Å². The molecule has 0 saturated heterocycles. The van der Waals surface area contributed by atoms with E-state index < -0.39 is 11.9 Å². The fourth-order valence-electron chi connectivity index (χ4n) is 1.83. The van der Waals surface area contributed by atoms with Gasteiger partial charge < -0.3 is 10.5 Å². The number of carbonyl (C=O) groups is 1. The van der Waals surface area contributed by atoms with Gasteiger partial charge in [0.15, 0.2) is 0 Å². The van der Waals surface area contributed by atoms with Crippen molar-refractivity contribution in [2.24, 2.45) is 11.7 Å². The van der Waals surface area contributed by atoms with Crippen LogP contribution in [-0.2, 0) is 9.53 Å². The number of halogens is 3. The number of ether oxygens (including phenoxy) is 1. The van der Waals surface area contributed by atoms with Crippen LogP contribution in [0.4, 0.5) is 4.39 Å². The van der Waals surface area contributed by atoms with E-state index in [9.17, 15) is 9.18 Å². The molecule has 0 aromatic heterocycles. The maximum absolute atomic E-state index is 13.8. The number of hydrogen-bond donors (Lipinski definition) is 1. The smallest absolute Gasteiger partial charge is 0.305 e. The first-order valence-electron chi connectivity index (χ1n) is 5.82. The van der Waals surface area contributed by atoms with Crippen molar-refractivity contribution in [1.82, 2.24) is 0 Å². The van der Waals surface area contributed by atoms with Crippen molar-refractivity contribution in [2.75, 3.05) is 7.11 Å². The van der Waals surface area contributed by atoms with E-state index in [1.165, 1.54) is 19.2 Å². The molecule has 0 spiro atoms. The van der Waals surface area contributed by atoms with Gasteiger partial charge in [-0.05, 0) is 40.4 Å². The predicted molar refractivity (Wildman–Crippen MR) is 76.5 cm³/mol. The maximum atomic E-state index is 13.8. The molecule has 3 nitrogen and oxygen atoms in total. The summed E-state index contributed by atoms with van der Waals surface area (Å²) in [6, 6.07) is 2.30. The molecule has 0 heterocycles. The second kappa shape index (κ2) is 7.22. The summed E-state index contributed by atoms with van der Waals surface area (Å²) < 4.78 is 18.9. The van der Waals surface area contributed by atoms with Gasteiger partial charge in [0, 0.05) is 22.5 Å². The molecule has 0 amide bonds. The lowest BCUT2D eigenvalue weighted by Gasteiger charge is -2.18. The van der Waals surface area contributed by atoms with Crippen molar-refractivity contribution < 1.29 is 13.9 Å². The molecular weight excluding hydrogens is 337 g/mol. The maximum Gasteiger partial charge on any atom is 0.305 e. The van der Waals surface area contributed by atoms with Gasteiger partial charge >= 0.3 is 5.97 Å². The van der Waals surface area contributed by atoms with Gasteiger partial charge in [0.25, 0.3) is 0 Å². The number of benzene rings is 1. The highest BCUT2D eigenvalue weighted by molar-refractivity contribution is 9.10. The van der Waals surface area contributed by atoms with Gasteiger partial charge in [-0.1, -0.05) is 18.5 Å². The molecule has 19 heavy (non-hydrogen) atoms. The van der Waals surface area contributed by atoms with Crippen LogP contribution in [0.5, 0.6) is 0 Å². The van der Waals surface area contributed by atoms with Crippen LogP contribution in [0.25, 0.3) is 0 Å². The largest absolute Gasteiger partial charge is 0.469 e. The van der Waals surface area contributed by atoms with Crippen LogP contribution in [0.3, 0.4) is 0 Å². The predicted octanol–water partition coefficient (Wildman–Crippen LogP) is 3.83. The number of rotatable bonds is 5. The fraction of sp³-hybridized carbons (Fsp3) is 0.462. The molecule has 106 valence electrons. The molecule has 0 fully saturated rings. The molecule has 6 heteroatoms. The average Bonchev–Trinajstić information content (AvgIpc) is 2.33. The molecule has 0 aliphatic heterocycles. The van der Waals surface area contributed by atoms with Gasteiger partial charge in [-0.2, -0.15) is 0 Å². The Morgan fingerprint density at radius 2 is 2.21 bits per heavy atom. The molecule has 0 bridgehead atoms. The number of esters is 1. The highest BCUT2D eigenvalue weighted by Crippen LogP contribution is 2.30. The summed E-state index contributed by atoms with van der Waals surface area (Å²) >= 11 is 9.08. The first-order chi connectivity index (χ1) is 8.85. The third-order valence-electron chi connectivity index (χ3n) is 2.84. The van der Waals surface area contributed by atoms with Crippen LogP contribution in [0, 0.1) is 11.7 Å². The zero-order chi connectivity index (χ0) is 14.6. The van der Waals surface area contributed by atoms with Crippen molar-refractivity contribution in [2.45, 2.75) is 25.8 Å². The Morgan fingerprint density at radius 1 is 1.58 bits per heavy atom. The SMILES string of the molecule is COC(=O)CC(C)CC(N)c1cc(Cl)c(Br)cc1F. The molecule has 2 unspecified atom stereocenters. The van der Waals surface area contributed by atoms with E-state index in [2.05, 4.69) is 20.7 Å². The topological polar surface area (TPSA) is 52.3 Å². The summed E-state index contributed by atoms with van der Waals surface area (Å²) in [6.45, 7) is 1.87. The van der Waals surface area contributed by atoms with Crippen molar-refractivity contribution >= 4 is 33.5 Å². The first kappa shape index (κ1) is 16.4. The molecule has 1 aromatic rings. The highest BCUT2D eigenvalue weighted by atomic mass is 79.9. The normalized spacial score (nSPS) is 14.0. The molecule has 2 N–H and O–H groups in total. The Hall–Kier alpha value is -0.650. The van der Waals surface area contributed by atoms with Crippen LogP contribution in [0.2, 0.25) is 5.02 Å². The average molecular weight is 353 g/mol. The molecule has 1 aromatic carbocycles. The van der Waals surface area contributed by atoms with E-state index in [4.69, 9.17) is 17.3 Å². The molecule has 0 aliphatic rings. The third kappa shape index (κ3) is 4.75. The van der Waals surface area contributed by atoms with Gasteiger partial charge in [-0.25, -0.2) is 4.39 Å². The van der Waals surface area contributed by atoms with Crippen molar-refractivity contribution in [1.29, 1.82) is 0 Å². The number of nitrogens with two attached hydrogens (primary N) is 1. The number of carbonyl (C=O) groups excluding carboxylic acids is 1. The number of hydrogen-bond acceptors (Lipinski definition) is 3. The number of methoxy groups -OCH3 is 1. The minimum absolute atomic E-state index is 0.00396. The van der Waals surface area contributed by atoms with Crippen molar-refractivity contribution in [3.8, 4) is 0 Å². The van der Waals surface area contributed by atoms with Crippen LogP contribution >= 0.6 is 27.5 Å². The van der Waals surface area contributed by atoms with E-state index in [0.717, 1.165) is 0 Å². The zero-order valence-electron chi connectivity index (χ0n) is 10.8.